The standard InChI is InChI=1S/C25H30O4/c1-24(2)12-18(26)22(19(27)13-24)17(11-10-16-8-6-5-7-9-16)23-20(28)14-25(3,4)15-21(23)29/h5-11,17,26,28H,12-15H2,1-4H3/b11-10+. The monoisotopic (exact) mass is 394 g/mol. The molecule has 2 aliphatic rings. The van der Waals surface area contributed by atoms with Crippen LogP contribution in [0.15, 0.2) is 59.1 Å². The lowest BCUT2D eigenvalue weighted by Gasteiger charge is -2.35. The van der Waals surface area contributed by atoms with E-state index in [4.69, 9.17) is 0 Å². The van der Waals surface area contributed by atoms with E-state index in [0.29, 0.717) is 25.7 Å². The molecule has 0 atom stereocenters. The number of allylic oxidation sites excluding steroid dienone is 5. The number of aliphatic hydroxyl groups is 2. The van der Waals surface area contributed by atoms with Gasteiger partial charge in [0.25, 0.3) is 0 Å². The molecule has 0 saturated heterocycles. The van der Waals surface area contributed by atoms with E-state index in [9.17, 15) is 19.8 Å². The largest absolute Gasteiger partial charge is 0.512 e. The molecule has 4 heteroatoms. The van der Waals surface area contributed by atoms with Crippen LogP contribution in [0.2, 0.25) is 0 Å². The van der Waals surface area contributed by atoms with Crippen LogP contribution in [0.3, 0.4) is 0 Å². The number of Topliss-reactive ketones (excluding diaryl/α,β-unsaturated/α-hetero) is 2. The first-order valence-corrected chi connectivity index (χ1v) is 10.1. The smallest absolute Gasteiger partial charge is 0.163 e. The quantitative estimate of drug-likeness (QED) is 0.685. The Morgan fingerprint density at radius 1 is 0.793 bits per heavy atom. The number of carbonyl (C=O) groups excluding carboxylic acids is 2. The van der Waals surface area contributed by atoms with E-state index in [1.807, 2.05) is 64.1 Å². The lowest BCUT2D eigenvalue weighted by Crippen LogP contribution is -2.33. The normalized spacial score (nSPS) is 22.1. The zero-order chi connectivity index (χ0) is 21.4. The summed E-state index contributed by atoms with van der Waals surface area (Å²) >= 11 is 0. The van der Waals surface area contributed by atoms with Crippen LogP contribution in [0.4, 0.5) is 0 Å². The van der Waals surface area contributed by atoms with Crippen LogP contribution in [-0.4, -0.2) is 21.8 Å². The molecule has 29 heavy (non-hydrogen) atoms. The average Bonchev–Trinajstić information content (AvgIpc) is 2.56. The van der Waals surface area contributed by atoms with Gasteiger partial charge >= 0.3 is 0 Å². The average molecular weight is 395 g/mol. The van der Waals surface area contributed by atoms with Gasteiger partial charge in [0.1, 0.15) is 11.5 Å². The highest BCUT2D eigenvalue weighted by atomic mass is 16.3. The summed E-state index contributed by atoms with van der Waals surface area (Å²) in [7, 11) is 0. The summed E-state index contributed by atoms with van der Waals surface area (Å²) < 4.78 is 0. The van der Waals surface area contributed by atoms with Gasteiger partial charge in [-0.1, -0.05) is 70.2 Å². The van der Waals surface area contributed by atoms with Crippen molar-refractivity contribution in [1.29, 1.82) is 0 Å². The number of hydrogen-bond acceptors (Lipinski definition) is 4. The minimum Gasteiger partial charge on any atom is -0.512 e. The van der Waals surface area contributed by atoms with Gasteiger partial charge in [0, 0.05) is 42.7 Å². The maximum absolute atomic E-state index is 13.0. The number of hydrogen-bond donors (Lipinski definition) is 2. The fourth-order valence-corrected chi connectivity index (χ4v) is 4.42. The second kappa shape index (κ2) is 7.66. The number of ketones is 2. The van der Waals surface area contributed by atoms with Gasteiger partial charge in [0.15, 0.2) is 11.6 Å². The van der Waals surface area contributed by atoms with Gasteiger partial charge in [-0.25, -0.2) is 0 Å². The second-order valence-corrected chi connectivity index (χ2v) is 9.85. The molecule has 0 aliphatic heterocycles. The van der Waals surface area contributed by atoms with Crippen molar-refractivity contribution in [3.05, 3.63) is 64.6 Å². The topological polar surface area (TPSA) is 74.6 Å². The molecule has 2 N–H and O–H groups in total. The van der Waals surface area contributed by atoms with Gasteiger partial charge in [0.2, 0.25) is 0 Å². The van der Waals surface area contributed by atoms with E-state index in [2.05, 4.69) is 0 Å². The lowest BCUT2D eigenvalue weighted by atomic mass is 9.68. The van der Waals surface area contributed by atoms with Crippen molar-refractivity contribution >= 4 is 17.6 Å². The lowest BCUT2D eigenvalue weighted by molar-refractivity contribution is -0.119. The Hall–Kier alpha value is -2.62. The Bertz CT molecular complexity index is 861. The van der Waals surface area contributed by atoms with E-state index in [1.165, 1.54) is 0 Å². The molecule has 0 fully saturated rings. The van der Waals surface area contributed by atoms with Crippen LogP contribution >= 0.6 is 0 Å². The van der Waals surface area contributed by atoms with Crippen LogP contribution < -0.4 is 0 Å². The first-order chi connectivity index (χ1) is 13.5. The van der Waals surface area contributed by atoms with E-state index in [0.717, 1.165) is 5.56 Å². The van der Waals surface area contributed by atoms with E-state index in [1.54, 1.807) is 6.08 Å². The van der Waals surface area contributed by atoms with Gasteiger partial charge in [-0.3, -0.25) is 9.59 Å². The van der Waals surface area contributed by atoms with Crippen LogP contribution in [0.1, 0.15) is 58.9 Å². The molecule has 0 radical (unpaired) electrons. The molecule has 0 amide bonds. The summed E-state index contributed by atoms with van der Waals surface area (Å²) in [6, 6.07) is 9.58. The van der Waals surface area contributed by atoms with Gasteiger partial charge in [-0.05, 0) is 16.4 Å². The van der Waals surface area contributed by atoms with E-state index < -0.39 is 5.92 Å². The van der Waals surface area contributed by atoms with Crippen molar-refractivity contribution in [3.8, 4) is 0 Å². The number of aliphatic hydroxyl groups excluding tert-OH is 2. The fraction of sp³-hybridized carbons (Fsp3) is 0.440. The van der Waals surface area contributed by atoms with Crippen LogP contribution in [-0.2, 0) is 9.59 Å². The van der Waals surface area contributed by atoms with Crippen LogP contribution in [0, 0.1) is 16.7 Å². The number of rotatable bonds is 4. The highest BCUT2D eigenvalue weighted by molar-refractivity contribution is 6.04. The summed E-state index contributed by atoms with van der Waals surface area (Å²) in [4.78, 5) is 26.0. The summed E-state index contributed by atoms with van der Waals surface area (Å²) in [6.07, 6.45) is 4.95. The molecule has 2 aliphatic carbocycles. The molecule has 0 saturated carbocycles. The van der Waals surface area contributed by atoms with Crippen molar-refractivity contribution in [2.75, 3.05) is 0 Å². The van der Waals surface area contributed by atoms with E-state index in [-0.39, 0.29) is 45.1 Å². The molecule has 4 nitrogen and oxygen atoms in total. The minimum atomic E-state index is -0.748. The Labute approximate surface area is 172 Å². The van der Waals surface area contributed by atoms with Crippen LogP contribution in [0.25, 0.3) is 6.08 Å². The zero-order valence-electron chi connectivity index (χ0n) is 17.7. The molecule has 0 heterocycles. The number of carbonyl (C=O) groups is 2. The maximum Gasteiger partial charge on any atom is 0.163 e. The number of benzene rings is 1. The Morgan fingerprint density at radius 3 is 1.66 bits per heavy atom. The third-order valence-electron chi connectivity index (χ3n) is 5.70. The Morgan fingerprint density at radius 2 is 1.24 bits per heavy atom. The van der Waals surface area contributed by atoms with Crippen molar-refractivity contribution in [2.45, 2.75) is 53.4 Å². The molecule has 0 spiro atoms. The van der Waals surface area contributed by atoms with Gasteiger partial charge < -0.3 is 10.2 Å². The highest BCUT2D eigenvalue weighted by Crippen LogP contribution is 2.44. The van der Waals surface area contributed by atoms with Crippen LogP contribution in [0.5, 0.6) is 0 Å². The summed E-state index contributed by atoms with van der Waals surface area (Å²) in [5, 5.41) is 21.5. The van der Waals surface area contributed by atoms with Crippen molar-refractivity contribution < 1.29 is 19.8 Å². The predicted molar refractivity (Wildman–Crippen MR) is 114 cm³/mol. The van der Waals surface area contributed by atoms with E-state index >= 15 is 0 Å². The molecule has 0 unspecified atom stereocenters. The SMILES string of the molecule is CC1(C)CC(=O)C(C(/C=C/c2ccccc2)C2=C(O)CC(C)(C)CC2=O)=C(O)C1. The highest BCUT2D eigenvalue weighted by Gasteiger charge is 2.42. The predicted octanol–water partition coefficient (Wildman–Crippen LogP) is 5.72. The van der Waals surface area contributed by atoms with Crippen molar-refractivity contribution in [2.24, 2.45) is 16.7 Å². The maximum atomic E-state index is 13.0. The van der Waals surface area contributed by atoms with Crippen molar-refractivity contribution in [1.82, 2.24) is 0 Å². The second-order valence-electron chi connectivity index (χ2n) is 9.85. The molecule has 154 valence electrons. The first kappa shape index (κ1) is 21.1. The fourth-order valence-electron chi connectivity index (χ4n) is 4.42. The third-order valence-corrected chi connectivity index (χ3v) is 5.70. The minimum absolute atomic E-state index is 0.0203. The molecule has 0 aromatic heterocycles. The molecular weight excluding hydrogens is 364 g/mol. The van der Waals surface area contributed by atoms with Crippen molar-refractivity contribution in [3.63, 3.8) is 0 Å². The Kier molecular flexibility index (Phi) is 5.57. The third kappa shape index (κ3) is 4.69. The first-order valence-electron chi connectivity index (χ1n) is 10.1. The summed E-state index contributed by atoms with van der Waals surface area (Å²) in [6.45, 7) is 7.77. The molecule has 1 aromatic rings. The molecule has 3 rings (SSSR count). The zero-order valence-corrected chi connectivity index (χ0v) is 17.7. The summed E-state index contributed by atoms with van der Waals surface area (Å²) in [5.41, 5.74) is 0.753. The summed E-state index contributed by atoms with van der Waals surface area (Å²) in [5.74, 6) is -1.04. The van der Waals surface area contributed by atoms with Gasteiger partial charge in [-0.15, -0.1) is 0 Å². The molecule has 0 bridgehead atoms. The van der Waals surface area contributed by atoms with Gasteiger partial charge in [0.05, 0.1) is 0 Å². The molecule has 1 aromatic carbocycles. The molecular formula is C25H30O4. The van der Waals surface area contributed by atoms with Gasteiger partial charge in [-0.2, -0.15) is 0 Å². The Balaban J connectivity index is 2.12.